The van der Waals surface area contributed by atoms with Crippen LogP contribution in [0.15, 0.2) is 6.20 Å². The monoisotopic (exact) mass is 254 g/mol. The molecule has 0 atom stereocenters. The van der Waals surface area contributed by atoms with Gasteiger partial charge >= 0.3 is 5.97 Å². The number of hydrogen-bond donors (Lipinski definition) is 2. The molecule has 0 aromatic carbocycles. The minimum Gasteiger partial charge on any atom is -0.478 e. The Kier molecular flexibility index (Phi) is 4.48. The first-order valence-electron chi connectivity index (χ1n) is 5.89. The van der Waals surface area contributed by atoms with Crippen LogP contribution < -0.4 is 5.73 Å². The molecule has 1 rings (SSSR count). The van der Waals surface area contributed by atoms with Crippen molar-refractivity contribution in [2.45, 2.75) is 20.4 Å². The van der Waals surface area contributed by atoms with Gasteiger partial charge in [0.15, 0.2) is 0 Å². The van der Waals surface area contributed by atoms with Crippen LogP contribution in [0.2, 0.25) is 0 Å². The van der Waals surface area contributed by atoms with Gasteiger partial charge in [-0.15, -0.1) is 0 Å². The van der Waals surface area contributed by atoms with Crippen molar-refractivity contribution in [2.75, 3.05) is 20.1 Å². The number of carbonyl (C=O) groups is 1. The summed E-state index contributed by atoms with van der Waals surface area (Å²) in [6, 6.07) is 0. The van der Waals surface area contributed by atoms with E-state index in [-0.39, 0.29) is 11.0 Å². The Balaban J connectivity index is 2.79. The Hall–Kier alpha value is -1.40. The topological polar surface area (TPSA) is 84.4 Å². The Morgan fingerprint density at radius 3 is 2.72 bits per heavy atom. The maximum atomic E-state index is 11.1. The van der Waals surface area contributed by atoms with Gasteiger partial charge in [-0.3, -0.25) is 9.58 Å². The second kappa shape index (κ2) is 5.49. The van der Waals surface area contributed by atoms with Gasteiger partial charge in [-0.25, -0.2) is 4.79 Å². The third-order valence-electron chi connectivity index (χ3n) is 2.96. The van der Waals surface area contributed by atoms with Crippen LogP contribution in [0.5, 0.6) is 0 Å². The van der Waals surface area contributed by atoms with Gasteiger partial charge in [-0.05, 0) is 19.0 Å². The molecule has 18 heavy (non-hydrogen) atoms. The molecule has 0 aliphatic rings. The van der Waals surface area contributed by atoms with Gasteiger partial charge in [-0.1, -0.05) is 13.8 Å². The summed E-state index contributed by atoms with van der Waals surface area (Å²) in [6.45, 7) is 6.11. The molecule has 0 radical (unpaired) electrons. The lowest BCUT2D eigenvalue weighted by Crippen LogP contribution is -2.37. The molecule has 3 N–H and O–H groups in total. The fourth-order valence-corrected chi connectivity index (χ4v) is 1.94. The fourth-order valence-electron chi connectivity index (χ4n) is 1.94. The van der Waals surface area contributed by atoms with Gasteiger partial charge in [0.1, 0.15) is 5.56 Å². The molecule has 0 spiro atoms. The normalized spacial score (nSPS) is 12.1. The van der Waals surface area contributed by atoms with Gasteiger partial charge in [0.2, 0.25) is 0 Å². The fraction of sp³-hybridized carbons (Fsp3) is 0.667. The Labute approximate surface area is 107 Å². The van der Waals surface area contributed by atoms with Crippen molar-refractivity contribution < 1.29 is 9.90 Å². The van der Waals surface area contributed by atoms with E-state index < -0.39 is 5.97 Å². The van der Waals surface area contributed by atoms with Crippen molar-refractivity contribution >= 4 is 5.97 Å². The predicted octanol–water partition coefficient (Wildman–Crippen LogP) is 0.535. The van der Waals surface area contributed by atoms with Crippen molar-refractivity contribution in [3.63, 3.8) is 0 Å². The minimum atomic E-state index is -0.940. The second-order valence-electron chi connectivity index (χ2n) is 5.47. The van der Waals surface area contributed by atoms with E-state index in [1.54, 1.807) is 11.7 Å². The van der Waals surface area contributed by atoms with Crippen LogP contribution in [-0.2, 0) is 13.6 Å². The Morgan fingerprint density at radius 1 is 1.61 bits per heavy atom. The zero-order chi connectivity index (χ0) is 13.9. The minimum absolute atomic E-state index is 0.0106. The largest absolute Gasteiger partial charge is 0.478 e. The Bertz CT molecular complexity index is 426. The first-order chi connectivity index (χ1) is 8.26. The maximum Gasteiger partial charge on any atom is 0.339 e. The van der Waals surface area contributed by atoms with Crippen molar-refractivity contribution in [2.24, 2.45) is 18.2 Å². The average Bonchev–Trinajstić information content (AvgIpc) is 2.60. The molecule has 0 amide bonds. The molecular formula is C12H22N4O2. The molecule has 0 aliphatic carbocycles. The summed E-state index contributed by atoms with van der Waals surface area (Å²) >= 11 is 0. The summed E-state index contributed by atoms with van der Waals surface area (Å²) in [4.78, 5) is 13.1. The van der Waals surface area contributed by atoms with Crippen molar-refractivity contribution in [1.29, 1.82) is 0 Å². The quantitative estimate of drug-likeness (QED) is 0.774. The highest BCUT2D eigenvalue weighted by atomic mass is 16.4. The molecule has 0 aliphatic heterocycles. The van der Waals surface area contributed by atoms with Crippen LogP contribution in [0.4, 0.5) is 0 Å². The third kappa shape index (κ3) is 3.54. The lowest BCUT2D eigenvalue weighted by Gasteiger charge is -2.29. The number of nitrogens with two attached hydrogens (primary N) is 1. The maximum absolute atomic E-state index is 11.1. The van der Waals surface area contributed by atoms with Crippen LogP contribution in [0.1, 0.15) is 29.9 Å². The molecule has 6 nitrogen and oxygen atoms in total. The molecule has 102 valence electrons. The average molecular weight is 254 g/mol. The van der Waals surface area contributed by atoms with Crippen molar-refractivity contribution in [3.8, 4) is 0 Å². The molecule has 0 unspecified atom stereocenters. The number of rotatable bonds is 6. The zero-order valence-corrected chi connectivity index (χ0v) is 11.5. The number of nitrogens with zero attached hydrogens (tertiary/aromatic N) is 3. The predicted molar refractivity (Wildman–Crippen MR) is 69.3 cm³/mol. The van der Waals surface area contributed by atoms with E-state index >= 15 is 0 Å². The first kappa shape index (κ1) is 14.7. The number of aryl methyl sites for hydroxylation is 1. The van der Waals surface area contributed by atoms with E-state index in [1.165, 1.54) is 6.20 Å². The number of carboxylic acid groups (broad SMARTS) is 1. The lowest BCUT2D eigenvalue weighted by atomic mass is 9.93. The number of hydrogen-bond acceptors (Lipinski definition) is 4. The molecule has 0 bridgehead atoms. The zero-order valence-electron chi connectivity index (χ0n) is 11.5. The Morgan fingerprint density at radius 2 is 2.22 bits per heavy atom. The highest BCUT2D eigenvalue weighted by Crippen LogP contribution is 2.17. The highest BCUT2D eigenvalue weighted by Gasteiger charge is 2.21. The number of aromatic carboxylic acids is 1. The van der Waals surface area contributed by atoms with E-state index in [2.05, 4.69) is 23.8 Å². The van der Waals surface area contributed by atoms with Gasteiger partial charge < -0.3 is 10.8 Å². The summed E-state index contributed by atoms with van der Waals surface area (Å²) < 4.78 is 1.61. The van der Waals surface area contributed by atoms with Crippen LogP contribution in [0, 0.1) is 5.41 Å². The van der Waals surface area contributed by atoms with E-state index in [0.717, 1.165) is 6.54 Å². The lowest BCUT2D eigenvalue weighted by molar-refractivity contribution is 0.0694. The molecule has 1 heterocycles. The number of carboxylic acids is 1. The standard InChI is InChI=1S/C12H22N4O2/c1-12(2,7-13)8-15(3)6-10-9(11(17)18)5-14-16(10)4/h5H,6-8,13H2,1-4H3,(H,17,18). The van der Waals surface area contributed by atoms with Crippen LogP contribution >= 0.6 is 0 Å². The molecular weight excluding hydrogens is 232 g/mol. The van der Waals surface area contributed by atoms with Gasteiger partial charge in [0.25, 0.3) is 0 Å². The van der Waals surface area contributed by atoms with Gasteiger partial charge in [0.05, 0.1) is 11.9 Å². The second-order valence-corrected chi connectivity index (χ2v) is 5.47. The van der Waals surface area contributed by atoms with E-state index in [0.29, 0.717) is 18.8 Å². The van der Waals surface area contributed by atoms with Gasteiger partial charge in [-0.2, -0.15) is 5.10 Å². The van der Waals surface area contributed by atoms with Crippen LogP contribution in [0.3, 0.4) is 0 Å². The summed E-state index contributed by atoms with van der Waals surface area (Å²) in [7, 11) is 3.71. The van der Waals surface area contributed by atoms with Crippen LogP contribution in [-0.4, -0.2) is 45.9 Å². The summed E-state index contributed by atoms with van der Waals surface area (Å²) in [5.74, 6) is -0.940. The summed E-state index contributed by atoms with van der Waals surface area (Å²) in [5.41, 5.74) is 6.67. The molecule has 0 saturated heterocycles. The summed E-state index contributed by atoms with van der Waals surface area (Å²) in [6.07, 6.45) is 1.39. The molecule has 6 heteroatoms. The van der Waals surface area contributed by atoms with Gasteiger partial charge in [0, 0.05) is 20.1 Å². The third-order valence-corrected chi connectivity index (χ3v) is 2.96. The summed E-state index contributed by atoms with van der Waals surface area (Å²) in [5, 5.41) is 13.1. The molecule has 0 saturated carbocycles. The smallest absolute Gasteiger partial charge is 0.339 e. The van der Waals surface area contributed by atoms with E-state index in [9.17, 15) is 4.79 Å². The molecule has 1 aromatic heterocycles. The van der Waals surface area contributed by atoms with Crippen molar-refractivity contribution in [1.82, 2.24) is 14.7 Å². The highest BCUT2D eigenvalue weighted by molar-refractivity contribution is 5.88. The number of aromatic nitrogens is 2. The van der Waals surface area contributed by atoms with E-state index in [1.807, 2.05) is 7.05 Å². The SMILES string of the molecule is CN(Cc1c(C(=O)O)cnn1C)CC(C)(C)CN. The molecule has 0 fully saturated rings. The van der Waals surface area contributed by atoms with Crippen molar-refractivity contribution in [3.05, 3.63) is 17.5 Å². The van der Waals surface area contributed by atoms with E-state index in [4.69, 9.17) is 10.8 Å². The first-order valence-corrected chi connectivity index (χ1v) is 5.89. The van der Waals surface area contributed by atoms with Crippen LogP contribution in [0.25, 0.3) is 0 Å². The molecule has 1 aromatic rings.